The highest BCUT2D eigenvalue weighted by atomic mass is 16.7. The second-order valence-corrected chi connectivity index (χ2v) is 16.3. The largest absolute Gasteiger partial charge is 0.481 e. The first-order valence-electron chi connectivity index (χ1n) is 16.4. The lowest BCUT2D eigenvalue weighted by atomic mass is 9.37. The number of carboxylic acid groups (broad SMARTS) is 2. The standard InChI is InChI=1S/C34H50O9/c1-31(2)23-8-12-33(4)19-7-11-32(3)10-6-17(29(38)39)14-20(32)18(19)15-22(36)28(33)34(23,5)13-9-24(31)42-25-16-21(35)26(37)27(43-25)30(40)41/h15,17,19-21,23-28,35,37H,6-14,16H2,1-5H3,(H,38,39)(H,40,41)/t17-,19?,20-,21+,23?,24-,25-,26-,27-,28?,32+,33-,34-/m0/s1. The second kappa shape index (κ2) is 10.4. The van der Waals surface area contributed by atoms with Crippen molar-refractivity contribution in [2.75, 3.05) is 0 Å². The Morgan fingerprint density at radius 2 is 1.53 bits per heavy atom. The number of aliphatic hydroxyl groups excluding tert-OH is 2. The minimum Gasteiger partial charge on any atom is -0.481 e. The van der Waals surface area contributed by atoms with Gasteiger partial charge in [-0.1, -0.05) is 40.2 Å². The summed E-state index contributed by atoms with van der Waals surface area (Å²) in [6, 6.07) is 0. The van der Waals surface area contributed by atoms with Crippen LogP contribution in [0.3, 0.4) is 0 Å². The van der Waals surface area contributed by atoms with E-state index in [4.69, 9.17) is 9.47 Å². The molecule has 5 fully saturated rings. The molecule has 0 aromatic heterocycles. The molecular weight excluding hydrogens is 552 g/mol. The van der Waals surface area contributed by atoms with Crippen LogP contribution in [-0.2, 0) is 23.9 Å². The first-order valence-corrected chi connectivity index (χ1v) is 16.4. The molecule has 43 heavy (non-hydrogen) atoms. The zero-order valence-corrected chi connectivity index (χ0v) is 26.3. The van der Waals surface area contributed by atoms with Crippen LogP contribution < -0.4 is 0 Å². The summed E-state index contributed by atoms with van der Waals surface area (Å²) in [5, 5.41) is 39.8. The summed E-state index contributed by atoms with van der Waals surface area (Å²) in [6.07, 6.45) is 4.15. The van der Waals surface area contributed by atoms with Crippen molar-refractivity contribution in [1.82, 2.24) is 0 Å². The summed E-state index contributed by atoms with van der Waals surface area (Å²) >= 11 is 0. The van der Waals surface area contributed by atoms with Crippen molar-refractivity contribution in [3.63, 3.8) is 0 Å². The van der Waals surface area contributed by atoms with E-state index in [0.717, 1.165) is 38.5 Å². The van der Waals surface area contributed by atoms with Crippen molar-refractivity contribution < 1.29 is 44.3 Å². The van der Waals surface area contributed by atoms with E-state index in [2.05, 4.69) is 34.6 Å². The van der Waals surface area contributed by atoms with E-state index in [1.807, 2.05) is 6.08 Å². The fraction of sp³-hybridized carbons (Fsp3) is 0.853. The minimum atomic E-state index is -1.55. The van der Waals surface area contributed by atoms with Gasteiger partial charge < -0.3 is 29.9 Å². The van der Waals surface area contributed by atoms with Gasteiger partial charge >= 0.3 is 11.9 Å². The van der Waals surface area contributed by atoms with Gasteiger partial charge in [-0.3, -0.25) is 9.59 Å². The van der Waals surface area contributed by atoms with Crippen molar-refractivity contribution >= 4 is 17.7 Å². The highest BCUT2D eigenvalue weighted by molar-refractivity contribution is 5.95. The Balaban J connectivity index is 1.26. The molecule has 13 atom stereocenters. The number of allylic oxidation sites excluding steroid dienone is 2. The van der Waals surface area contributed by atoms with Crippen LogP contribution in [0.1, 0.15) is 98.8 Å². The number of aliphatic carboxylic acids is 2. The first-order chi connectivity index (χ1) is 20.0. The summed E-state index contributed by atoms with van der Waals surface area (Å²) in [5.41, 5.74) is 0.504. The number of carbonyl (C=O) groups is 3. The highest BCUT2D eigenvalue weighted by Gasteiger charge is 2.67. The number of ether oxygens (including phenoxy) is 2. The fourth-order valence-corrected chi connectivity index (χ4v) is 11.5. The van der Waals surface area contributed by atoms with Gasteiger partial charge in [0, 0.05) is 12.3 Å². The Bertz CT molecular complexity index is 1210. The average molecular weight is 603 g/mol. The molecule has 0 aromatic carbocycles. The van der Waals surface area contributed by atoms with Crippen LogP contribution in [0.25, 0.3) is 0 Å². The Labute approximate surface area is 254 Å². The third kappa shape index (κ3) is 4.66. The summed E-state index contributed by atoms with van der Waals surface area (Å²) in [4.78, 5) is 38.0. The molecule has 6 rings (SSSR count). The number of carbonyl (C=O) groups excluding carboxylic acids is 1. The highest BCUT2D eigenvalue weighted by Crippen LogP contribution is 2.71. The first kappa shape index (κ1) is 31.2. The number of aliphatic hydroxyl groups is 2. The quantitative estimate of drug-likeness (QED) is 0.339. The van der Waals surface area contributed by atoms with Gasteiger partial charge in [0.25, 0.3) is 0 Å². The van der Waals surface area contributed by atoms with Crippen molar-refractivity contribution in [3.05, 3.63) is 11.6 Å². The van der Waals surface area contributed by atoms with Gasteiger partial charge in [0.1, 0.15) is 6.10 Å². The molecule has 0 spiro atoms. The normalized spacial score (nSPS) is 50.8. The Morgan fingerprint density at radius 3 is 2.21 bits per heavy atom. The third-order valence-corrected chi connectivity index (χ3v) is 13.7. The summed E-state index contributed by atoms with van der Waals surface area (Å²) in [7, 11) is 0. The lowest BCUT2D eigenvalue weighted by Crippen LogP contribution is -2.64. The van der Waals surface area contributed by atoms with Gasteiger partial charge in [0.2, 0.25) is 0 Å². The van der Waals surface area contributed by atoms with Gasteiger partial charge in [-0.15, -0.1) is 0 Å². The molecule has 9 nitrogen and oxygen atoms in total. The zero-order chi connectivity index (χ0) is 31.3. The molecule has 6 aliphatic rings. The van der Waals surface area contributed by atoms with E-state index >= 15 is 0 Å². The number of hydrogen-bond acceptors (Lipinski definition) is 7. The molecule has 5 aliphatic carbocycles. The minimum absolute atomic E-state index is 0.00326. The summed E-state index contributed by atoms with van der Waals surface area (Å²) in [5.74, 6) is -1.70. The topological polar surface area (TPSA) is 151 Å². The smallest absolute Gasteiger partial charge is 0.335 e. The molecule has 240 valence electrons. The van der Waals surface area contributed by atoms with E-state index in [9.17, 15) is 34.8 Å². The van der Waals surface area contributed by atoms with Gasteiger partial charge in [-0.05, 0) is 103 Å². The predicted molar refractivity (Wildman–Crippen MR) is 156 cm³/mol. The Kier molecular flexibility index (Phi) is 7.51. The van der Waals surface area contributed by atoms with E-state index in [-0.39, 0.29) is 69.6 Å². The van der Waals surface area contributed by atoms with Crippen molar-refractivity contribution in [2.45, 2.75) is 130 Å². The fourth-order valence-electron chi connectivity index (χ4n) is 11.5. The number of rotatable bonds is 4. The van der Waals surface area contributed by atoms with E-state index < -0.39 is 36.5 Å². The van der Waals surface area contributed by atoms with Crippen LogP contribution in [0, 0.1) is 51.2 Å². The number of carboxylic acids is 2. The van der Waals surface area contributed by atoms with Crippen molar-refractivity contribution in [1.29, 1.82) is 0 Å². The molecule has 4 saturated carbocycles. The predicted octanol–water partition coefficient (Wildman–Crippen LogP) is 4.58. The van der Waals surface area contributed by atoms with Gasteiger partial charge in [0.05, 0.1) is 18.1 Å². The molecule has 1 saturated heterocycles. The molecule has 0 amide bonds. The molecule has 1 aliphatic heterocycles. The zero-order valence-electron chi connectivity index (χ0n) is 26.3. The Morgan fingerprint density at radius 1 is 0.860 bits per heavy atom. The van der Waals surface area contributed by atoms with Crippen LogP contribution in [0.15, 0.2) is 11.6 Å². The summed E-state index contributed by atoms with van der Waals surface area (Å²) < 4.78 is 12.0. The molecule has 4 N–H and O–H groups in total. The van der Waals surface area contributed by atoms with E-state index in [0.29, 0.717) is 19.3 Å². The number of fused-ring (bicyclic) bond motifs is 7. The molecular formula is C34H50O9. The van der Waals surface area contributed by atoms with Crippen LogP contribution >= 0.6 is 0 Å². The number of ketones is 1. The van der Waals surface area contributed by atoms with Gasteiger partial charge in [-0.25, -0.2) is 4.79 Å². The van der Waals surface area contributed by atoms with E-state index in [1.54, 1.807) is 0 Å². The second-order valence-electron chi connectivity index (χ2n) is 16.3. The van der Waals surface area contributed by atoms with Gasteiger partial charge in [-0.2, -0.15) is 0 Å². The molecule has 9 heteroatoms. The SMILES string of the molecule is CC1(C)C2CC[C@@]3(C)C4CC[C@@]5(C)CC[C@H](C(=O)O)C[C@H]5C4=CC(=O)C3[C@@]2(C)CC[C@@H]1O[C@@H]1C[C@@H](O)[C@H](O)[C@@H](C(=O)O)O1. The lowest BCUT2D eigenvalue weighted by molar-refractivity contribution is -0.289. The molecule has 3 unspecified atom stereocenters. The Hall–Kier alpha value is -1.81. The maximum absolute atomic E-state index is 14.4. The molecule has 1 heterocycles. The monoisotopic (exact) mass is 602 g/mol. The van der Waals surface area contributed by atoms with E-state index in [1.165, 1.54) is 5.57 Å². The van der Waals surface area contributed by atoms with Crippen LogP contribution in [-0.4, -0.2) is 68.9 Å². The van der Waals surface area contributed by atoms with Crippen LogP contribution in [0.2, 0.25) is 0 Å². The van der Waals surface area contributed by atoms with Crippen molar-refractivity contribution in [3.8, 4) is 0 Å². The molecule has 0 bridgehead atoms. The molecule has 0 radical (unpaired) electrons. The maximum atomic E-state index is 14.4. The van der Waals surface area contributed by atoms with Crippen molar-refractivity contribution in [2.24, 2.45) is 51.2 Å². The van der Waals surface area contributed by atoms with Gasteiger partial charge in [0.15, 0.2) is 18.2 Å². The molecule has 0 aromatic rings. The lowest BCUT2D eigenvalue weighted by Gasteiger charge is -2.67. The average Bonchev–Trinajstić information content (AvgIpc) is 2.91. The summed E-state index contributed by atoms with van der Waals surface area (Å²) in [6.45, 7) is 11.3. The van der Waals surface area contributed by atoms with Crippen LogP contribution in [0.5, 0.6) is 0 Å². The third-order valence-electron chi connectivity index (χ3n) is 13.7. The maximum Gasteiger partial charge on any atom is 0.335 e. The van der Waals surface area contributed by atoms with Crippen LogP contribution in [0.4, 0.5) is 0 Å². The number of hydrogen-bond donors (Lipinski definition) is 4.